The van der Waals surface area contributed by atoms with E-state index in [1.165, 1.54) is 6.07 Å². The molecule has 2 rings (SSSR count). The van der Waals surface area contributed by atoms with Crippen molar-refractivity contribution in [3.8, 4) is 10.4 Å². The van der Waals surface area contributed by atoms with Crippen molar-refractivity contribution in [3.05, 3.63) is 51.4 Å². The summed E-state index contributed by atoms with van der Waals surface area (Å²) in [6.07, 6.45) is 0.498. The first kappa shape index (κ1) is 17.6. The second-order valence-electron chi connectivity index (χ2n) is 5.86. The lowest BCUT2D eigenvalue weighted by Gasteiger charge is -2.13. The van der Waals surface area contributed by atoms with Crippen LogP contribution in [0.1, 0.15) is 25.1 Å². The van der Waals surface area contributed by atoms with Crippen LogP contribution in [0.5, 0.6) is 0 Å². The van der Waals surface area contributed by atoms with Crippen molar-refractivity contribution in [2.75, 3.05) is 6.54 Å². The fraction of sp³-hybridized carbons (Fsp3) is 0.412. The minimum Gasteiger partial charge on any atom is -0.393 e. The SMILES string of the molecule is CC(O)CC(C)CNCc1ccc(-c2ccccc2[N+](=O)[O-])s1. The molecule has 5 nitrogen and oxygen atoms in total. The number of nitro benzene ring substituents is 1. The Bertz CT molecular complexity index is 655. The lowest BCUT2D eigenvalue weighted by atomic mass is 10.1. The molecule has 6 heteroatoms. The highest BCUT2D eigenvalue weighted by atomic mass is 32.1. The van der Waals surface area contributed by atoms with Crippen LogP contribution >= 0.6 is 11.3 Å². The Morgan fingerprint density at radius 1 is 1.26 bits per heavy atom. The van der Waals surface area contributed by atoms with Gasteiger partial charge in [-0.1, -0.05) is 19.1 Å². The minimum absolute atomic E-state index is 0.138. The van der Waals surface area contributed by atoms with E-state index in [0.29, 0.717) is 11.5 Å². The summed E-state index contributed by atoms with van der Waals surface area (Å²) >= 11 is 1.57. The molecule has 0 aliphatic rings. The van der Waals surface area contributed by atoms with Crippen LogP contribution < -0.4 is 5.32 Å². The number of aliphatic hydroxyl groups excluding tert-OH is 1. The van der Waals surface area contributed by atoms with Crippen molar-refractivity contribution in [1.29, 1.82) is 0 Å². The molecule has 2 unspecified atom stereocenters. The Morgan fingerprint density at radius 3 is 2.70 bits per heavy atom. The van der Waals surface area contributed by atoms with E-state index in [1.807, 2.05) is 18.2 Å². The van der Waals surface area contributed by atoms with Gasteiger partial charge in [-0.2, -0.15) is 0 Å². The van der Waals surface area contributed by atoms with Gasteiger partial charge in [-0.25, -0.2) is 0 Å². The zero-order valence-corrected chi connectivity index (χ0v) is 14.2. The molecular weight excluding hydrogens is 312 g/mol. The van der Waals surface area contributed by atoms with Crippen molar-refractivity contribution in [1.82, 2.24) is 5.32 Å². The second-order valence-corrected chi connectivity index (χ2v) is 7.03. The third kappa shape index (κ3) is 5.13. The molecule has 1 aromatic heterocycles. The van der Waals surface area contributed by atoms with E-state index in [-0.39, 0.29) is 16.7 Å². The fourth-order valence-corrected chi connectivity index (χ4v) is 3.58. The molecule has 124 valence electrons. The van der Waals surface area contributed by atoms with Crippen LogP contribution in [-0.4, -0.2) is 22.7 Å². The molecule has 0 spiro atoms. The number of nitrogens with zero attached hydrogens (tertiary/aromatic N) is 1. The Morgan fingerprint density at radius 2 is 2.00 bits per heavy atom. The number of benzene rings is 1. The molecule has 2 N–H and O–H groups in total. The number of nitrogens with one attached hydrogen (secondary N) is 1. The van der Waals surface area contributed by atoms with Crippen LogP contribution in [0.2, 0.25) is 0 Å². The van der Waals surface area contributed by atoms with Crippen LogP contribution in [0, 0.1) is 16.0 Å². The summed E-state index contributed by atoms with van der Waals surface area (Å²) in [6, 6.07) is 10.8. The second kappa shape index (κ2) is 8.19. The lowest BCUT2D eigenvalue weighted by Crippen LogP contribution is -2.22. The van der Waals surface area contributed by atoms with E-state index >= 15 is 0 Å². The fourth-order valence-electron chi connectivity index (χ4n) is 2.57. The number of para-hydroxylation sites is 1. The van der Waals surface area contributed by atoms with Crippen molar-refractivity contribution < 1.29 is 10.0 Å². The molecule has 0 radical (unpaired) electrons. The number of hydrogen-bond donors (Lipinski definition) is 2. The zero-order chi connectivity index (χ0) is 16.8. The van der Waals surface area contributed by atoms with E-state index in [4.69, 9.17) is 0 Å². The molecule has 23 heavy (non-hydrogen) atoms. The largest absolute Gasteiger partial charge is 0.393 e. The summed E-state index contributed by atoms with van der Waals surface area (Å²) in [4.78, 5) is 12.8. The predicted octanol–water partition coefficient (Wildman–Crippen LogP) is 3.82. The summed E-state index contributed by atoms with van der Waals surface area (Å²) in [5.41, 5.74) is 0.802. The molecule has 0 bridgehead atoms. The number of thiophene rings is 1. The molecule has 0 aliphatic carbocycles. The maximum Gasteiger partial charge on any atom is 0.278 e. The normalized spacial score (nSPS) is 13.7. The van der Waals surface area contributed by atoms with Crippen LogP contribution in [0.15, 0.2) is 36.4 Å². The Balaban J connectivity index is 1.98. The third-order valence-electron chi connectivity index (χ3n) is 3.56. The van der Waals surface area contributed by atoms with Gasteiger partial charge in [0.1, 0.15) is 0 Å². The molecule has 2 atom stereocenters. The van der Waals surface area contributed by atoms with Crippen molar-refractivity contribution in [3.63, 3.8) is 0 Å². The Labute approximate surface area is 140 Å². The highest BCUT2D eigenvalue weighted by molar-refractivity contribution is 7.15. The summed E-state index contributed by atoms with van der Waals surface area (Å²) < 4.78 is 0. The number of hydrogen-bond acceptors (Lipinski definition) is 5. The smallest absolute Gasteiger partial charge is 0.278 e. The Hall–Kier alpha value is -1.76. The van der Waals surface area contributed by atoms with Gasteiger partial charge in [-0.15, -0.1) is 11.3 Å². The highest BCUT2D eigenvalue weighted by Crippen LogP contribution is 2.34. The Kier molecular flexibility index (Phi) is 6.27. The first-order valence-corrected chi connectivity index (χ1v) is 8.50. The molecule has 2 aromatic rings. The van der Waals surface area contributed by atoms with Gasteiger partial charge in [-0.3, -0.25) is 10.1 Å². The molecule has 0 saturated heterocycles. The molecule has 0 amide bonds. The maximum absolute atomic E-state index is 11.1. The average Bonchev–Trinajstić information content (AvgIpc) is 2.95. The van der Waals surface area contributed by atoms with Crippen LogP contribution in [0.4, 0.5) is 5.69 Å². The minimum atomic E-state index is -0.343. The summed E-state index contributed by atoms with van der Waals surface area (Å²) in [6.45, 7) is 5.47. The van der Waals surface area contributed by atoms with Gasteiger partial charge in [0.2, 0.25) is 0 Å². The monoisotopic (exact) mass is 334 g/mol. The van der Waals surface area contributed by atoms with Gasteiger partial charge in [0.15, 0.2) is 0 Å². The van der Waals surface area contributed by atoms with Crippen molar-refractivity contribution in [2.45, 2.75) is 32.9 Å². The summed E-state index contributed by atoms with van der Waals surface area (Å²) in [5.74, 6) is 0.407. The average molecular weight is 334 g/mol. The van der Waals surface area contributed by atoms with Gasteiger partial charge in [0.05, 0.1) is 16.6 Å². The van der Waals surface area contributed by atoms with Crippen LogP contribution in [0.25, 0.3) is 10.4 Å². The number of rotatable bonds is 8. The van der Waals surface area contributed by atoms with E-state index in [9.17, 15) is 15.2 Å². The quantitative estimate of drug-likeness (QED) is 0.568. The van der Waals surface area contributed by atoms with E-state index in [2.05, 4.69) is 12.2 Å². The third-order valence-corrected chi connectivity index (χ3v) is 4.68. The predicted molar refractivity (Wildman–Crippen MR) is 93.6 cm³/mol. The molecule has 0 aliphatic heterocycles. The van der Waals surface area contributed by atoms with Gasteiger partial charge >= 0.3 is 0 Å². The lowest BCUT2D eigenvalue weighted by molar-refractivity contribution is -0.384. The van der Waals surface area contributed by atoms with Crippen molar-refractivity contribution >= 4 is 17.0 Å². The molecular formula is C17H22N2O3S. The molecule has 0 fully saturated rings. The zero-order valence-electron chi connectivity index (χ0n) is 13.4. The topological polar surface area (TPSA) is 75.4 Å². The van der Waals surface area contributed by atoms with Gasteiger partial charge in [0, 0.05) is 22.4 Å². The summed E-state index contributed by atoms with van der Waals surface area (Å²) in [7, 11) is 0. The molecule has 1 aromatic carbocycles. The van der Waals surface area contributed by atoms with Gasteiger partial charge < -0.3 is 10.4 Å². The first-order chi connectivity index (χ1) is 11.0. The number of aliphatic hydroxyl groups is 1. The standard InChI is InChI=1S/C17H22N2O3S/c1-12(9-13(2)20)10-18-11-14-7-8-17(23-14)15-5-3-4-6-16(15)19(21)22/h3-8,12-13,18,20H,9-11H2,1-2H3. The van der Waals surface area contributed by atoms with Crippen molar-refractivity contribution in [2.24, 2.45) is 5.92 Å². The van der Waals surface area contributed by atoms with E-state index in [1.54, 1.807) is 30.4 Å². The first-order valence-electron chi connectivity index (χ1n) is 7.68. The van der Waals surface area contributed by atoms with E-state index < -0.39 is 0 Å². The molecule has 0 saturated carbocycles. The summed E-state index contributed by atoms with van der Waals surface area (Å²) in [5, 5.41) is 23.8. The van der Waals surface area contributed by atoms with Crippen LogP contribution in [-0.2, 0) is 6.54 Å². The molecule has 1 heterocycles. The van der Waals surface area contributed by atoms with Gasteiger partial charge in [-0.05, 0) is 44.0 Å². The number of nitro groups is 1. The van der Waals surface area contributed by atoms with Crippen LogP contribution in [0.3, 0.4) is 0 Å². The van der Waals surface area contributed by atoms with Gasteiger partial charge in [0.25, 0.3) is 5.69 Å². The highest BCUT2D eigenvalue weighted by Gasteiger charge is 2.15. The van der Waals surface area contributed by atoms with E-state index in [0.717, 1.165) is 29.3 Å². The maximum atomic E-state index is 11.1.